The molecule has 0 amide bonds. The first-order valence-electron chi connectivity index (χ1n) is 8.63. The van der Waals surface area contributed by atoms with Crippen molar-refractivity contribution in [3.63, 3.8) is 0 Å². The van der Waals surface area contributed by atoms with Crippen LogP contribution in [0.5, 0.6) is 0 Å². The van der Waals surface area contributed by atoms with Gasteiger partial charge in [0.1, 0.15) is 0 Å². The molecule has 0 fully saturated rings. The van der Waals surface area contributed by atoms with E-state index >= 15 is 0 Å². The summed E-state index contributed by atoms with van der Waals surface area (Å²) in [5.41, 5.74) is 1.45. The van der Waals surface area contributed by atoms with Gasteiger partial charge in [-0.2, -0.15) is 0 Å². The first-order valence-corrected chi connectivity index (χ1v) is 14.8. The minimum atomic E-state index is -0.702. The van der Waals surface area contributed by atoms with Crippen LogP contribution in [-0.2, 0) is 15.1 Å². The molecule has 0 saturated carbocycles. The summed E-state index contributed by atoms with van der Waals surface area (Å²) >= 11 is -0.346. The fraction of sp³-hybridized carbons (Fsp3) is 0.182. The molecule has 0 aliphatic rings. The van der Waals surface area contributed by atoms with E-state index in [0.29, 0.717) is 5.92 Å². The zero-order valence-electron chi connectivity index (χ0n) is 14.8. The molecule has 3 aromatic carbocycles. The molecule has 3 aromatic rings. The maximum atomic E-state index is 4.85. The first-order chi connectivity index (χ1) is 12.8. The van der Waals surface area contributed by atoms with Crippen molar-refractivity contribution >= 4 is 37.9 Å². The predicted octanol–water partition coefficient (Wildman–Crippen LogP) is 6.42. The van der Waals surface area contributed by atoms with Crippen molar-refractivity contribution in [2.24, 2.45) is 0 Å². The van der Waals surface area contributed by atoms with Crippen LogP contribution in [0.25, 0.3) is 0 Å². The number of hydrogen-bond donors (Lipinski definition) is 0. The normalized spacial score (nSPS) is 11.7. The molecular formula is C22H24Cl2PRu+. The molecule has 0 radical (unpaired) electrons. The average Bonchev–Trinajstić information content (AvgIpc) is 2.71. The van der Waals surface area contributed by atoms with Crippen molar-refractivity contribution in [3.05, 3.63) is 96.6 Å². The molecule has 3 rings (SSSR count). The van der Waals surface area contributed by atoms with Gasteiger partial charge in [0.25, 0.3) is 0 Å². The van der Waals surface area contributed by atoms with E-state index in [2.05, 4.69) is 97.9 Å². The summed E-state index contributed by atoms with van der Waals surface area (Å²) in [6.45, 7) is 2.35. The van der Waals surface area contributed by atoms with Crippen LogP contribution in [0.3, 0.4) is 0 Å². The molecule has 0 N–H and O–H groups in total. The Balaban J connectivity index is 0.000000758. The van der Waals surface area contributed by atoms with E-state index in [1.165, 1.54) is 28.8 Å². The van der Waals surface area contributed by atoms with Crippen LogP contribution in [0.15, 0.2) is 91.0 Å². The van der Waals surface area contributed by atoms with Gasteiger partial charge in [-0.25, -0.2) is 0 Å². The molecule has 0 aliphatic heterocycles. The van der Waals surface area contributed by atoms with E-state index in [4.69, 9.17) is 19.4 Å². The molecule has 0 aromatic heterocycles. The summed E-state index contributed by atoms with van der Waals surface area (Å²) in [5.74, 6) is 0.614. The van der Waals surface area contributed by atoms with E-state index < -0.39 is 7.92 Å². The van der Waals surface area contributed by atoms with Crippen LogP contribution in [-0.4, -0.2) is 6.16 Å². The number of benzene rings is 3. The molecule has 0 spiro atoms. The Morgan fingerprint density at radius 2 is 1.12 bits per heavy atom. The van der Waals surface area contributed by atoms with Crippen LogP contribution < -0.4 is 10.6 Å². The van der Waals surface area contributed by atoms with Crippen LogP contribution in [0.4, 0.5) is 0 Å². The van der Waals surface area contributed by atoms with E-state index in [9.17, 15) is 0 Å². The molecule has 0 aliphatic carbocycles. The zero-order chi connectivity index (χ0) is 18.6. The summed E-state index contributed by atoms with van der Waals surface area (Å²) < 4.78 is 0. The fourth-order valence-electron chi connectivity index (χ4n) is 3.04. The van der Waals surface area contributed by atoms with Gasteiger partial charge in [-0.1, -0.05) is 73.7 Å². The van der Waals surface area contributed by atoms with Crippen molar-refractivity contribution in [2.45, 2.75) is 19.3 Å². The number of halogens is 2. The molecule has 1 unspecified atom stereocenters. The Morgan fingerprint density at radius 3 is 1.54 bits per heavy atom. The van der Waals surface area contributed by atoms with Gasteiger partial charge < -0.3 is 0 Å². The molecule has 0 bridgehead atoms. The molecule has 26 heavy (non-hydrogen) atoms. The Labute approximate surface area is 174 Å². The topological polar surface area (TPSA) is 0 Å². The van der Waals surface area contributed by atoms with Crippen LogP contribution >= 0.6 is 27.3 Å². The van der Waals surface area contributed by atoms with Gasteiger partial charge in [-0.05, 0) is 42.2 Å². The molecule has 4 heteroatoms. The second-order valence-electron chi connectivity index (χ2n) is 6.11. The van der Waals surface area contributed by atoms with Gasteiger partial charge >= 0.3 is 34.5 Å². The summed E-state index contributed by atoms with van der Waals surface area (Å²) in [4.78, 5) is 0. The SMILES string of the molecule is CC(CC[PH+](c1ccccc1)c1ccccc1)c1ccccc1.[Cl][Ru][Cl]. The Morgan fingerprint density at radius 1 is 0.731 bits per heavy atom. The van der Waals surface area contributed by atoms with Gasteiger partial charge in [0.2, 0.25) is 0 Å². The second-order valence-corrected chi connectivity index (χ2v) is 11.4. The fourth-order valence-corrected chi connectivity index (χ4v) is 5.87. The van der Waals surface area contributed by atoms with Crippen molar-refractivity contribution in [1.82, 2.24) is 0 Å². The number of rotatable bonds is 6. The predicted molar refractivity (Wildman–Crippen MR) is 117 cm³/mol. The summed E-state index contributed by atoms with van der Waals surface area (Å²) in [7, 11) is 9.01. The van der Waals surface area contributed by atoms with E-state index in [-0.39, 0.29) is 15.1 Å². The van der Waals surface area contributed by atoms with Gasteiger partial charge in [-0.3, -0.25) is 0 Å². The molecule has 138 valence electrons. The molecule has 1 atom stereocenters. The van der Waals surface area contributed by atoms with Crippen molar-refractivity contribution in [3.8, 4) is 0 Å². The van der Waals surface area contributed by atoms with Gasteiger partial charge in [0, 0.05) is 0 Å². The average molecular weight is 491 g/mol. The van der Waals surface area contributed by atoms with Gasteiger partial charge in [-0.15, -0.1) is 0 Å². The van der Waals surface area contributed by atoms with Crippen LogP contribution in [0.2, 0.25) is 0 Å². The van der Waals surface area contributed by atoms with Crippen LogP contribution in [0, 0.1) is 0 Å². The standard InChI is InChI=1S/C22H23P.2ClH.Ru/c1-19(20-11-5-2-6-12-20)17-18-23(21-13-7-3-8-14-21)22-15-9-4-10-16-22;;;/h2-16,19H,17-18H2,1H3;2*1H;/q;;;+2/p-1. The monoisotopic (exact) mass is 491 g/mol. The third-order valence-corrected chi connectivity index (χ3v) is 7.29. The Hall–Kier alpha value is -0.707. The van der Waals surface area contributed by atoms with Gasteiger partial charge in [0.05, 0.1) is 24.7 Å². The molecule has 0 saturated heterocycles. The molecule has 0 nitrogen and oxygen atoms in total. The first kappa shape index (κ1) is 21.6. The van der Waals surface area contributed by atoms with Crippen molar-refractivity contribution < 1.29 is 15.1 Å². The Kier molecular flexibility index (Phi) is 10.5. The zero-order valence-corrected chi connectivity index (χ0v) is 19.0. The van der Waals surface area contributed by atoms with Crippen molar-refractivity contribution in [2.75, 3.05) is 6.16 Å². The maximum absolute atomic E-state index is 4.85. The van der Waals surface area contributed by atoms with Crippen molar-refractivity contribution in [1.29, 1.82) is 0 Å². The summed E-state index contributed by atoms with van der Waals surface area (Å²) in [5, 5.41) is 3.04. The molecular weight excluding hydrogens is 467 g/mol. The third-order valence-electron chi connectivity index (χ3n) is 4.44. The van der Waals surface area contributed by atoms with E-state index in [1.807, 2.05) is 0 Å². The number of hydrogen-bond acceptors (Lipinski definition) is 0. The van der Waals surface area contributed by atoms with E-state index in [1.54, 1.807) is 0 Å². The summed E-state index contributed by atoms with van der Waals surface area (Å²) in [6.07, 6.45) is 2.51. The van der Waals surface area contributed by atoms with Gasteiger partial charge in [0.15, 0.2) is 0 Å². The van der Waals surface area contributed by atoms with Crippen LogP contribution in [0.1, 0.15) is 24.8 Å². The third kappa shape index (κ3) is 7.13. The van der Waals surface area contributed by atoms with E-state index in [0.717, 1.165) is 0 Å². The minimum absolute atomic E-state index is 0.346. The molecule has 0 heterocycles. The quantitative estimate of drug-likeness (QED) is 0.276. The summed E-state index contributed by atoms with van der Waals surface area (Å²) in [6, 6.07) is 33.0. The second kappa shape index (κ2) is 12.6. The Bertz CT molecular complexity index is 683.